The Morgan fingerprint density at radius 2 is 2.26 bits per heavy atom. The molecule has 0 spiro atoms. The third kappa shape index (κ3) is 7.53. The van der Waals surface area contributed by atoms with E-state index in [0.29, 0.717) is 18.4 Å². The first-order valence-corrected chi connectivity index (χ1v) is 7.84. The Morgan fingerprint density at radius 1 is 1.42 bits per heavy atom. The predicted octanol–water partition coefficient (Wildman–Crippen LogP) is 2.22. The van der Waals surface area contributed by atoms with Crippen molar-refractivity contribution in [1.82, 2.24) is 5.32 Å². The Balaban J connectivity index is 2.05. The van der Waals surface area contributed by atoms with Gasteiger partial charge in [-0.2, -0.15) is 0 Å². The monoisotopic (exact) mass is 270 g/mol. The lowest BCUT2D eigenvalue weighted by Crippen LogP contribution is -2.27. The number of carbonyl (C=O) groups excluding carboxylic acids is 1. The molecule has 0 aliphatic carbocycles. The van der Waals surface area contributed by atoms with Gasteiger partial charge in [-0.25, -0.2) is 0 Å². The van der Waals surface area contributed by atoms with Crippen molar-refractivity contribution in [2.45, 2.75) is 64.4 Å². The maximum Gasteiger partial charge on any atom is 0.220 e. The third-order valence-electron chi connectivity index (χ3n) is 3.86. The van der Waals surface area contributed by atoms with E-state index in [0.717, 1.165) is 51.8 Å². The van der Waals surface area contributed by atoms with Crippen molar-refractivity contribution in [3.63, 3.8) is 0 Å². The van der Waals surface area contributed by atoms with Crippen molar-refractivity contribution in [3.8, 4) is 0 Å². The number of amides is 1. The zero-order valence-corrected chi connectivity index (χ0v) is 12.3. The average molecular weight is 270 g/mol. The molecular weight excluding hydrogens is 240 g/mol. The molecule has 1 saturated heterocycles. The molecule has 0 aromatic carbocycles. The van der Waals surface area contributed by atoms with E-state index >= 15 is 0 Å². The summed E-state index contributed by atoms with van der Waals surface area (Å²) in [6.07, 6.45) is 8.62. The number of hydrogen-bond donors (Lipinski definition) is 2. The largest absolute Gasteiger partial charge is 0.378 e. The average Bonchev–Trinajstić information content (AvgIpc) is 2.90. The maximum absolute atomic E-state index is 11.7. The SMILES string of the molecule is CCCC(CCN)CCC(=O)NCCC1CCCO1. The Kier molecular flexibility index (Phi) is 8.84. The van der Waals surface area contributed by atoms with Gasteiger partial charge in [0.15, 0.2) is 0 Å². The lowest BCUT2D eigenvalue weighted by Gasteiger charge is -2.15. The highest BCUT2D eigenvalue weighted by Crippen LogP contribution is 2.17. The van der Waals surface area contributed by atoms with Gasteiger partial charge in [0.2, 0.25) is 5.91 Å². The number of nitrogens with one attached hydrogen (secondary N) is 1. The minimum absolute atomic E-state index is 0.177. The van der Waals surface area contributed by atoms with Crippen LogP contribution in [-0.4, -0.2) is 31.7 Å². The van der Waals surface area contributed by atoms with Crippen LogP contribution < -0.4 is 11.1 Å². The smallest absolute Gasteiger partial charge is 0.220 e. The quantitative estimate of drug-likeness (QED) is 0.640. The number of ether oxygens (including phenoxy) is 1. The van der Waals surface area contributed by atoms with Gasteiger partial charge in [-0.1, -0.05) is 19.8 Å². The molecule has 19 heavy (non-hydrogen) atoms. The fourth-order valence-electron chi connectivity index (χ4n) is 2.75. The molecule has 0 aromatic heterocycles. The summed E-state index contributed by atoms with van der Waals surface area (Å²) in [5.74, 6) is 0.787. The summed E-state index contributed by atoms with van der Waals surface area (Å²) in [6, 6.07) is 0. The highest BCUT2D eigenvalue weighted by Gasteiger charge is 2.15. The molecule has 1 fully saturated rings. The zero-order chi connectivity index (χ0) is 13.9. The van der Waals surface area contributed by atoms with Crippen LogP contribution >= 0.6 is 0 Å². The molecule has 4 heteroatoms. The van der Waals surface area contributed by atoms with Crippen LogP contribution in [0.25, 0.3) is 0 Å². The van der Waals surface area contributed by atoms with E-state index in [1.54, 1.807) is 0 Å². The van der Waals surface area contributed by atoms with E-state index in [2.05, 4.69) is 12.2 Å². The zero-order valence-electron chi connectivity index (χ0n) is 12.3. The van der Waals surface area contributed by atoms with Gasteiger partial charge in [-0.15, -0.1) is 0 Å². The number of rotatable bonds is 10. The summed E-state index contributed by atoms with van der Waals surface area (Å²) >= 11 is 0. The molecule has 0 aromatic rings. The minimum Gasteiger partial charge on any atom is -0.378 e. The molecule has 1 amide bonds. The first-order chi connectivity index (χ1) is 9.26. The normalized spacial score (nSPS) is 20.4. The second-order valence-corrected chi connectivity index (χ2v) is 5.54. The molecule has 2 unspecified atom stereocenters. The van der Waals surface area contributed by atoms with Gasteiger partial charge in [0.05, 0.1) is 6.10 Å². The van der Waals surface area contributed by atoms with E-state index in [1.165, 1.54) is 12.8 Å². The minimum atomic E-state index is 0.177. The summed E-state index contributed by atoms with van der Waals surface area (Å²) in [5.41, 5.74) is 5.60. The first-order valence-electron chi connectivity index (χ1n) is 7.84. The first kappa shape index (κ1) is 16.4. The maximum atomic E-state index is 11.7. The van der Waals surface area contributed by atoms with Crippen molar-refractivity contribution in [2.75, 3.05) is 19.7 Å². The lowest BCUT2D eigenvalue weighted by molar-refractivity contribution is -0.121. The van der Waals surface area contributed by atoms with E-state index in [-0.39, 0.29) is 5.91 Å². The highest BCUT2D eigenvalue weighted by molar-refractivity contribution is 5.75. The molecule has 0 saturated carbocycles. The Morgan fingerprint density at radius 3 is 2.89 bits per heavy atom. The molecule has 1 aliphatic rings. The summed E-state index contributed by atoms with van der Waals surface area (Å²) < 4.78 is 5.53. The van der Waals surface area contributed by atoms with E-state index in [9.17, 15) is 4.79 Å². The Hall–Kier alpha value is -0.610. The van der Waals surface area contributed by atoms with Gasteiger partial charge in [0, 0.05) is 19.6 Å². The summed E-state index contributed by atoms with van der Waals surface area (Å²) in [6.45, 7) is 4.55. The topological polar surface area (TPSA) is 64.4 Å². The van der Waals surface area contributed by atoms with Crippen LogP contribution in [0.5, 0.6) is 0 Å². The van der Waals surface area contributed by atoms with Crippen LogP contribution in [0.1, 0.15) is 58.3 Å². The Labute approximate surface area is 117 Å². The highest BCUT2D eigenvalue weighted by atomic mass is 16.5. The summed E-state index contributed by atoms with van der Waals surface area (Å²) in [4.78, 5) is 11.7. The van der Waals surface area contributed by atoms with Crippen molar-refractivity contribution >= 4 is 5.91 Å². The van der Waals surface area contributed by atoms with E-state index < -0.39 is 0 Å². The van der Waals surface area contributed by atoms with Crippen molar-refractivity contribution < 1.29 is 9.53 Å². The molecule has 3 N–H and O–H groups in total. The molecule has 1 rings (SSSR count). The summed E-state index contributed by atoms with van der Waals surface area (Å²) in [5, 5.41) is 3.00. The fourth-order valence-corrected chi connectivity index (χ4v) is 2.75. The lowest BCUT2D eigenvalue weighted by atomic mass is 9.94. The standard InChI is InChI=1S/C15H30N2O2/c1-2-4-13(8-10-16)6-7-15(18)17-11-9-14-5-3-12-19-14/h13-14H,2-12,16H2,1H3,(H,17,18). The molecule has 1 aliphatic heterocycles. The van der Waals surface area contributed by atoms with Crippen molar-refractivity contribution in [3.05, 3.63) is 0 Å². The number of carbonyl (C=O) groups is 1. The second-order valence-electron chi connectivity index (χ2n) is 5.54. The van der Waals surface area contributed by atoms with Gasteiger partial charge in [0.25, 0.3) is 0 Å². The summed E-state index contributed by atoms with van der Waals surface area (Å²) in [7, 11) is 0. The van der Waals surface area contributed by atoms with Crippen LogP contribution in [0, 0.1) is 5.92 Å². The molecule has 2 atom stereocenters. The van der Waals surface area contributed by atoms with Crippen LogP contribution in [0.3, 0.4) is 0 Å². The Bertz CT molecular complexity index is 234. The van der Waals surface area contributed by atoms with E-state index in [1.807, 2.05) is 0 Å². The number of hydrogen-bond acceptors (Lipinski definition) is 3. The van der Waals surface area contributed by atoms with Crippen LogP contribution in [-0.2, 0) is 9.53 Å². The molecule has 4 nitrogen and oxygen atoms in total. The van der Waals surface area contributed by atoms with Crippen LogP contribution in [0.4, 0.5) is 0 Å². The molecular formula is C15H30N2O2. The van der Waals surface area contributed by atoms with Gasteiger partial charge in [-0.05, 0) is 44.6 Å². The van der Waals surface area contributed by atoms with Gasteiger partial charge < -0.3 is 15.8 Å². The third-order valence-corrected chi connectivity index (χ3v) is 3.86. The molecule has 0 radical (unpaired) electrons. The van der Waals surface area contributed by atoms with Gasteiger partial charge >= 0.3 is 0 Å². The van der Waals surface area contributed by atoms with Gasteiger partial charge in [-0.3, -0.25) is 4.79 Å². The van der Waals surface area contributed by atoms with Crippen LogP contribution in [0.2, 0.25) is 0 Å². The predicted molar refractivity (Wildman–Crippen MR) is 77.9 cm³/mol. The molecule has 112 valence electrons. The number of nitrogens with two attached hydrogens (primary N) is 1. The van der Waals surface area contributed by atoms with Crippen molar-refractivity contribution in [1.29, 1.82) is 0 Å². The van der Waals surface area contributed by atoms with Crippen molar-refractivity contribution in [2.24, 2.45) is 11.7 Å². The molecule has 0 bridgehead atoms. The fraction of sp³-hybridized carbons (Fsp3) is 0.933. The molecule has 1 heterocycles. The van der Waals surface area contributed by atoms with E-state index in [4.69, 9.17) is 10.5 Å². The second kappa shape index (κ2) is 10.2. The van der Waals surface area contributed by atoms with Gasteiger partial charge in [0.1, 0.15) is 0 Å². The van der Waals surface area contributed by atoms with Crippen LogP contribution in [0.15, 0.2) is 0 Å².